The van der Waals surface area contributed by atoms with E-state index in [4.69, 9.17) is 15.2 Å². The monoisotopic (exact) mass is 500 g/mol. The van der Waals surface area contributed by atoms with E-state index in [0.717, 1.165) is 11.3 Å². The van der Waals surface area contributed by atoms with Gasteiger partial charge in [0.25, 0.3) is 5.56 Å². The summed E-state index contributed by atoms with van der Waals surface area (Å²) in [5.41, 5.74) is 7.36. The summed E-state index contributed by atoms with van der Waals surface area (Å²) < 4.78 is 13.1. The lowest BCUT2D eigenvalue weighted by Crippen LogP contribution is -2.39. The van der Waals surface area contributed by atoms with E-state index >= 15 is 0 Å². The molecule has 10 heteroatoms. The fourth-order valence-corrected chi connectivity index (χ4v) is 4.19. The van der Waals surface area contributed by atoms with Crippen LogP contribution in [0.4, 0.5) is 10.6 Å². The van der Waals surface area contributed by atoms with Crippen LogP contribution in [0.1, 0.15) is 32.9 Å². The molecule has 0 unspecified atom stereocenters. The van der Waals surface area contributed by atoms with Gasteiger partial charge in [0.1, 0.15) is 22.6 Å². The highest BCUT2D eigenvalue weighted by atomic mass is 16.6. The fourth-order valence-electron chi connectivity index (χ4n) is 4.19. The molecule has 1 aliphatic rings. The van der Waals surface area contributed by atoms with Crippen molar-refractivity contribution >= 4 is 28.4 Å². The van der Waals surface area contributed by atoms with E-state index in [1.165, 1.54) is 0 Å². The minimum Gasteiger partial charge on any atom is -0.457 e. The van der Waals surface area contributed by atoms with E-state index in [2.05, 4.69) is 15.3 Å². The highest BCUT2D eigenvalue weighted by molar-refractivity contribution is 5.96. The largest absolute Gasteiger partial charge is 0.457 e. The van der Waals surface area contributed by atoms with Crippen LogP contribution in [0.5, 0.6) is 11.5 Å². The zero-order chi connectivity index (χ0) is 26.2. The summed E-state index contributed by atoms with van der Waals surface area (Å²) in [6.07, 6.45) is 2.20. The van der Waals surface area contributed by atoms with Gasteiger partial charge in [0, 0.05) is 6.54 Å². The van der Waals surface area contributed by atoms with Gasteiger partial charge in [-0.2, -0.15) is 10.2 Å². The Bertz CT molecular complexity index is 1530. The highest BCUT2D eigenvalue weighted by Gasteiger charge is 2.28. The van der Waals surface area contributed by atoms with Gasteiger partial charge in [-0.15, -0.1) is 0 Å². The highest BCUT2D eigenvalue weighted by Crippen LogP contribution is 2.31. The molecule has 2 aromatic carbocycles. The first-order valence-electron chi connectivity index (χ1n) is 12.0. The number of fused-ring (bicyclic) bond motifs is 1. The molecule has 0 fully saturated rings. The van der Waals surface area contributed by atoms with E-state index in [1.54, 1.807) is 9.58 Å². The Morgan fingerprint density at radius 3 is 2.46 bits per heavy atom. The van der Waals surface area contributed by atoms with Crippen molar-refractivity contribution in [2.75, 3.05) is 18.8 Å². The molecule has 0 saturated heterocycles. The van der Waals surface area contributed by atoms with Gasteiger partial charge in [-0.3, -0.25) is 4.79 Å². The first-order valence-corrected chi connectivity index (χ1v) is 12.0. The Kier molecular flexibility index (Phi) is 6.16. The van der Waals surface area contributed by atoms with Crippen molar-refractivity contribution in [2.45, 2.75) is 32.8 Å². The molecular weight excluding hydrogens is 472 g/mol. The van der Waals surface area contributed by atoms with Crippen molar-refractivity contribution in [1.82, 2.24) is 24.9 Å². The van der Waals surface area contributed by atoms with Crippen LogP contribution in [0.2, 0.25) is 0 Å². The smallest absolute Gasteiger partial charge is 0.410 e. The van der Waals surface area contributed by atoms with E-state index in [-0.39, 0.29) is 12.4 Å². The van der Waals surface area contributed by atoms with Crippen molar-refractivity contribution in [3.63, 3.8) is 0 Å². The van der Waals surface area contributed by atoms with Crippen LogP contribution in [0.3, 0.4) is 0 Å². The number of nitrogen functional groups attached to an aromatic ring is 1. The topological polar surface area (TPSA) is 128 Å². The molecule has 0 aliphatic carbocycles. The molecule has 3 N–H and O–H groups in total. The normalized spacial score (nSPS) is 13.9. The number of benzene rings is 2. The van der Waals surface area contributed by atoms with Crippen LogP contribution in [0.15, 0.2) is 65.5 Å². The van der Waals surface area contributed by atoms with Crippen LogP contribution in [-0.4, -0.2) is 49.7 Å². The van der Waals surface area contributed by atoms with Gasteiger partial charge < -0.3 is 20.1 Å². The van der Waals surface area contributed by atoms with Gasteiger partial charge in [0.05, 0.1) is 23.3 Å². The summed E-state index contributed by atoms with van der Waals surface area (Å²) in [5.74, 6) is 1.49. The first-order chi connectivity index (χ1) is 17.7. The molecule has 0 bridgehead atoms. The number of amides is 1. The number of ether oxygens (including phenoxy) is 2. The molecule has 3 heterocycles. The molecule has 0 radical (unpaired) electrons. The maximum Gasteiger partial charge on any atom is 0.410 e. The van der Waals surface area contributed by atoms with Gasteiger partial charge in [0.2, 0.25) is 0 Å². The molecule has 190 valence electrons. The van der Waals surface area contributed by atoms with Crippen molar-refractivity contribution in [2.24, 2.45) is 0 Å². The van der Waals surface area contributed by atoms with Gasteiger partial charge in [-0.05, 0) is 69.2 Å². The summed E-state index contributed by atoms with van der Waals surface area (Å²) in [5, 5.41) is 11.3. The number of hydrogen-bond acceptors (Lipinski definition) is 7. The number of aromatic amines is 1. The quantitative estimate of drug-likeness (QED) is 0.422. The Balaban J connectivity index is 1.55. The second kappa shape index (κ2) is 9.45. The molecular formula is C27H28N6O4. The zero-order valence-corrected chi connectivity index (χ0v) is 20.9. The number of carbonyl (C=O) groups is 1. The number of nitrogens with one attached hydrogen (secondary N) is 1. The second-order valence-corrected chi connectivity index (χ2v) is 9.75. The molecule has 5 rings (SSSR count). The SMILES string of the molecule is CC(C)(C)OC(=O)N1CCC=C(c2c3c(=O)[nH]nc(N)c3nn2-c2ccc(Oc3ccccc3)cc2)C1. The summed E-state index contributed by atoms with van der Waals surface area (Å²) in [7, 11) is 0. The lowest BCUT2D eigenvalue weighted by molar-refractivity contribution is 0.0273. The maximum absolute atomic E-state index is 12.9. The van der Waals surface area contributed by atoms with Crippen LogP contribution in [0, 0.1) is 0 Å². The van der Waals surface area contributed by atoms with Crippen LogP contribution < -0.4 is 16.0 Å². The van der Waals surface area contributed by atoms with Crippen molar-refractivity contribution < 1.29 is 14.3 Å². The zero-order valence-electron chi connectivity index (χ0n) is 20.9. The lowest BCUT2D eigenvalue weighted by Gasteiger charge is -2.30. The predicted octanol–water partition coefficient (Wildman–Crippen LogP) is 4.51. The number of hydrogen-bond donors (Lipinski definition) is 2. The average molecular weight is 501 g/mol. The Labute approximate surface area is 213 Å². The fraction of sp³-hybridized carbons (Fsp3) is 0.259. The molecule has 1 aliphatic heterocycles. The Morgan fingerprint density at radius 1 is 1.05 bits per heavy atom. The third kappa shape index (κ3) is 5.04. The molecule has 0 spiro atoms. The summed E-state index contributed by atoms with van der Waals surface area (Å²) >= 11 is 0. The van der Waals surface area contributed by atoms with Crippen molar-refractivity contribution in [3.05, 3.63) is 76.7 Å². The van der Waals surface area contributed by atoms with Gasteiger partial charge >= 0.3 is 6.09 Å². The maximum atomic E-state index is 12.9. The minimum absolute atomic E-state index is 0.110. The lowest BCUT2D eigenvalue weighted by atomic mass is 10.0. The Morgan fingerprint density at radius 2 is 1.76 bits per heavy atom. The number of aromatic nitrogens is 4. The van der Waals surface area contributed by atoms with Gasteiger partial charge in [0.15, 0.2) is 5.82 Å². The Hall–Kier alpha value is -4.60. The predicted molar refractivity (Wildman–Crippen MR) is 141 cm³/mol. The standard InChI is InChI=1S/C27H28N6O4/c1-27(2,3)37-26(35)32-15-7-8-17(16-32)23-21-22(24(28)29-30-25(21)34)31-33(23)18-11-13-20(14-12-18)36-19-9-5-4-6-10-19/h4-6,8-14H,7,15-16H2,1-3H3,(H2,28,29)(H,30,34). The number of carbonyl (C=O) groups excluding carboxylic acids is 1. The molecule has 37 heavy (non-hydrogen) atoms. The third-order valence-corrected chi connectivity index (χ3v) is 5.80. The first kappa shape index (κ1) is 24.1. The van der Waals surface area contributed by atoms with Crippen molar-refractivity contribution in [3.8, 4) is 17.2 Å². The third-order valence-electron chi connectivity index (χ3n) is 5.80. The van der Waals surface area contributed by atoms with E-state index in [9.17, 15) is 9.59 Å². The van der Waals surface area contributed by atoms with E-state index in [0.29, 0.717) is 41.0 Å². The summed E-state index contributed by atoms with van der Waals surface area (Å²) in [6, 6.07) is 16.8. The van der Waals surface area contributed by atoms with E-state index in [1.807, 2.05) is 81.4 Å². The second-order valence-electron chi connectivity index (χ2n) is 9.75. The number of H-pyrrole nitrogens is 1. The molecule has 2 aromatic heterocycles. The van der Waals surface area contributed by atoms with Crippen LogP contribution in [-0.2, 0) is 4.74 Å². The minimum atomic E-state index is -0.617. The molecule has 10 nitrogen and oxygen atoms in total. The van der Waals surface area contributed by atoms with Crippen LogP contribution in [0.25, 0.3) is 22.2 Å². The van der Waals surface area contributed by atoms with E-state index < -0.39 is 17.3 Å². The number of nitrogens with zero attached hydrogens (tertiary/aromatic N) is 4. The summed E-state index contributed by atoms with van der Waals surface area (Å²) in [6.45, 7) is 6.25. The summed E-state index contributed by atoms with van der Waals surface area (Å²) in [4.78, 5) is 27.3. The molecule has 4 aromatic rings. The van der Waals surface area contributed by atoms with Crippen molar-refractivity contribution in [1.29, 1.82) is 0 Å². The van der Waals surface area contributed by atoms with Gasteiger partial charge in [-0.25, -0.2) is 14.6 Å². The molecule has 0 atom stereocenters. The molecule has 1 amide bonds. The number of anilines is 1. The van der Waals surface area contributed by atoms with Gasteiger partial charge in [-0.1, -0.05) is 24.3 Å². The molecule has 0 saturated carbocycles. The average Bonchev–Trinajstić information content (AvgIpc) is 3.29. The number of rotatable bonds is 4. The number of nitrogens with two attached hydrogens (primary N) is 1. The van der Waals surface area contributed by atoms with Crippen LogP contribution >= 0.6 is 0 Å². The number of para-hydroxylation sites is 1.